The van der Waals surface area contributed by atoms with Crippen molar-refractivity contribution in [1.82, 2.24) is 4.57 Å². The molecule has 9 heteroatoms. The lowest BCUT2D eigenvalue weighted by molar-refractivity contribution is -0.114. The van der Waals surface area contributed by atoms with Gasteiger partial charge in [-0.1, -0.05) is 11.3 Å². The van der Waals surface area contributed by atoms with E-state index in [4.69, 9.17) is 0 Å². The first-order valence-corrected chi connectivity index (χ1v) is 10.5. The number of carbonyl (C=O) groups excluding carboxylic acids is 1. The van der Waals surface area contributed by atoms with Crippen LogP contribution in [0.4, 0.5) is 11.4 Å². The summed E-state index contributed by atoms with van der Waals surface area (Å²) < 4.78 is 30.1. The van der Waals surface area contributed by atoms with Gasteiger partial charge in [0.15, 0.2) is 0 Å². The molecule has 0 aliphatic carbocycles. The molecule has 0 fully saturated rings. The first-order chi connectivity index (χ1) is 12.7. The average molecular weight is 406 g/mol. The number of hydrogen-bond acceptors (Lipinski definition) is 5. The van der Waals surface area contributed by atoms with E-state index >= 15 is 0 Å². The van der Waals surface area contributed by atoms with Crippen LogP contribution in [0, 0.1) is 0 Å². The third kappa shape index (κ3) is 4.04. The molecule has 0 saturated carbocycles. The van der Waals surface area contributed by atoms with Gasteiger partial charge in [-0.25, -0.2) is 8.42 Å². The fraction of sp³-hybridized carbons (Fsp3) is 0.222. The molecule has 0 bridgehead atoms. The van der Waals surface area contributed by atoms with Gasteiger partial charge in [0.2, 0.25) is 5.91 Å². The lowest BCUT2D eigenvalue weighted by atomic mass is 10.3. The minimum Gasteiger partial charge on any atom is -0.326 e. The summed E-state index contributed by atoms with van der Waals surface area (Å²) in [6.45, 7) is 5.21. The number of fused-ring (bicyclic) bond motifs is 1. The second kappa shape index (κ2) is 7.16. The standard InChI is InChI=1S/C18H19N3O4S2/c1-11(2)21-16-9-8-15(10-17(16)26-18(21)23)27(24,25)20-14-6-4-13(5-7-14)19-12(3)22/h4-11,20H,1-3H3,(H,19,22). The molecule has 3 aromatic rings. The maximum absolute atomic E-state index is 12.7. The highest BCUT2D eigenvalue weighted by Crippen LogP contribution is 2.25. The average Bonchev–Trinajstić information content (AvgIpc) is 2.91. The van der Waals surface area contributed by atoms with Crippen LogP contribution in [0.25, 0.3) is 10.2 Å². The Labute approximate surface area is 160 Å². The Bertz CT molecular complexity index is 1160. The van der Waals surface area contributed by atoms with Crippen molar-refractivity contribution in [2.24, 2.45) is 0 Å². The second-order valence-electron chi connectivity index (χ2n) is 6.33. The molecule has 0 aliphatic rings. The summed E-state index contributed by atoms with van der Waals surface area (Å²) in [5, 5.41) is 2.62. The van der Waals surface area contributed by atoms with Crippen molar-refractivity contribution in [3.8, 4) is 0 Å². The van der Waals surface area contributed by atoms with Gasteiger partial charge in [0, 0.05) is 24.3 Å². The maximum atomic E-state index is 12.7. The normalized spacial score (nSPS) is 11.7. The van der Waals surface area contributed by atoms with Crippen LogP contribution < -0.4 is 14.9 Å². The smallest absolute Gasteiger partial charge is 0.308 e. The van der Waals surface area contributed by atoms with E-state index in [1.54, 1.807) is 34.9 Å². The number of carbonyl (C=O) groups is 1. The number of rotatable bonds is 5. The van der Waals surface area contributed by atoms with E-state index in [-0.39, 0.29) is 21.7 Å². The van der Waals surface area contributed by atoms with Crippen LogP contribution in [0.5, 0.6) is 0 Å². The predicted octanol–water partition coefficient (Wildman–Crippen LogP) is 3.40. The Kier molecular flexibility index (Phi) is 5.07. The molecular weight excluding hydrogens is 386 g/mol. The third-order valence-corrected chi connectivity index (χ3v) is 6.17. The molecule has 142 valence electrons. The van der Waals surface area contributed by atoms with Crippen LogP contribution >= 0.6 is 11.3 Å². The highest BCUT2D eigenvalue weighted by molar-refractivity contribution is 7.92. The quantitative estimate of drug-likeness (QED) is 0.680. The van der Waals surface area contributed by atoms with Crippen LogP contribution in [0.3, 0.4) is 0 Å². The molecule has 0 spiro atoms. The van der Waals surface area contributed by atoms with Crippen LogP contribution in [-0.4, -0.2) is 18.9 Å². The third-order valence-electron chi connectivity index (χ3n) is 3.87. The van der Waals surface area contributed by atoms with Crippen molar-refractivity contribution < 1.29 is 13.2 Å². The highest BCUT2D eigenvalue weighted by Gasteiger charge is 2.18. The Morgan fingerprint density at radius 1 is 1.07 bits per heavy atom. The second-order valence-corrected chi connectivity index (χ2v) is 9.00. The summed E-state index contributed by atoms with van der Waals surface area (Å²) in [4.78, 5) is 23.1. The molecule has 7 nitrogen and oxygen atoms in total. The van der Waals surface area contributed by atoms with Crippen molar-refractivity contribution in [3.63, 3.8) is 0 Å². The van der Waals surface area contributed by atoms with Gasteiger partial charge in [-0.15, -0.1) is 0 Å². The largest absolute Gasteiger partial charge is 0.326 e. The first-order valence-electron chi connectivity index (χ1n) is 8.23. The fourth-order valence-electron chi connectivity index (χ4n) is 2.71. The van der Waals surface area contributed by atoms with Crippen LogP contribution in [0.15, 0.2) is 52.2 Å². The van der Waals surface area contributed by atoms with E-state index in [1.165, 1.54) is 19.1 Å². The van der Waals surface area contributed by atoms with Crippen LogP contribution in [-0.2, 0) is 14.8 Å². The van der Waals surface area contributed by atoms with Gasteiger partial charge in [0.1, 0.15) is 0 Å². The molecular formula is C18H19N3O4S2. The predicted molar refractivity (Wildman–Crippen MR) is 108 cm³/mol. The van der Waals surface area contributed by atoms with Gasteiger partial charge in [0.25, 0.3) is 10.0 Å². The molecule has 0 atom stereocenters. The molecule has 0 saturated heterocycles. The molecule has 1 heterocycles. The summed E-state index contributed by atoms with van der Waals surface area (Å²) in [7, 11) is -3.81. The summed E-state index contributed by atoms with van der Waals surface area (Å²) in [5.74, 6) is -0.205. The summed E-state index contributed by atoms with van der Waals surface area (Å²) in [6, 6.07) is 11.0. The monoisotopic (exact) mass is 405 g/mol. The lowest BCUT2D eigenvalue weighted by Gasteiger charge is -2.10. The van der Waals surface area contributed by atoms with E-state index in [0.717, 1.165) is 16.9 Å². The maximum Gasteiger partial charge on any atom is 0.308 e. The van der Waals surface area contributed by atoms with Crippen molar-refractivity contribution in [3.05, 3.63) is 52.1 Å². The first kappa shape index (κ1) is 19.1. The summed E-state index contributed by atoms with van der Waals surface area (Å²) in [5.41, 5.74) is 1.67. The topological polar surface area (TPSA) is 97.3 Å². The zero-order chi connectivity index (χ0) is 19.8. The number of thiazole rings is 1. The molecule has 1 amide bonds. The van der Waals surface area contributed by atoms with Crippen molar-refractivity contribution >= 4 is 48.9 Å². The minimum absolute atomic E-state index is 0.00559. The van der Waals surface area contributed by atoms with Gasteiger partial charge in [-0.3, -0.25) is 18.9 Å². The Morgan fingerprint density at radius 2 is 1.70 bits per heavy atom. The van der Waals surface area contributed by atoms with Crippen molar-refractivity contribution in [1.29, 1.82) is 0 Å². The number of anilines is 2. The zero-order valence-corrected chi connectivity index (χ0v) is 16.6. The van der Waals surface area contributed by atoms with Gasteiger partial charge in [-0.2, -0.15) is 0 Å². The van der Waals surface area contributed by atoms with Gasteiger partial charge in [0.05, 0.1) is 15.1 Å². The van der Waals surface area contributed by atoms with Crippen molar-refractivity contribution in [2.75, 3.05) is 10.0 Å². The Balaban J connectivity index is 1.90. The number of nitrogens with zero attached hydrogens (tertiary/aromatic N) is 1. The van der Waals surface area contributed by atoms with Gasteiger partial charge in [-0.05, 0) is 56.3 Å². The minimum atomic E-state index is -3.81. The van der Waals surface area contributed by atoms with E-state index in [2.05, 4.69) is 10.0 Å². The number of benzene rings is 2. The number of sulfonamides is 1. The number of amides is 1. The van der Waals surface area contributed by atoms with E-state index in [1.807, 2.05) is 13.8 Å². The van der Waals surface area contributed by atoms with Crippen LogP contribution in [0.2, 0.25) is 0 Å². The zero-order valence-electron chi connectivity index (χ0n) is 15.0. The van der Waals surface area contributed by atoms with Crippen molar-refractivity contribution in [2.45, 2.75) is 31.7 Å². The van der Waals surface area contributed by atoms with E-state index in [0.29, 0.717) is 16.1 Å². The molecule has 2 aromatic carbocycles. The summed E-state index contributed by atoms with van der Waals surface area (Å²) >= 11 is 1.03. The molecule has 1 aromatic heterocycles. The number of nitrogens with one attached hydrogen (secondary N) is 2. The highest BCUT2D eigenvalue weighted by atomic mass is 32.2. The lowest BCUT2D eigenvalue weighted by Crippen LogP contribution is -2.15. The molecule has 0 aliphatic heterocycles. The molecule has 2 N–H and O–H groups in total. The van der Waals surface area contributed by atoms with Crippen LogP contribution in [0.1, 0.15) is 26.8 Å². The van der Waals surface area contributed by atoms with Gasteiger partial charge >= 0.3 is 4.87 Å². The molecule has 3 rings (SSSR count). The number of aromatic nitrogens is 1. The van der Waals surface area contributed by atoms with E-state index in [9.17, 15) is 18.0 Å². The molecule has 0 radical (unpaired) electrons. The SMILES string of the molecule is CC(=O)Nc1ccc(NS(=O)(=O)c2ccc3c(c2)sc(=O)n3C(C)C)cc1. The van der Waals surface area contributed by atoms with E-state index < -0.39 is 10.0 Å². The Hall–Kier alpha value is -2.65. The van der Waals surface area contributed by atoms with Gasteiger partial charge < -0.3 is 5.32 Å². The molecule has 0 unspecified atom stereocenters. The molecule has 27 heavy (non-hydrogen) atoms. The summed E-state index contributed by atoms with van der Waals surface area (Å²) in [6.07, 6.45) is 0. The number of hydrogen-bond donors (Lipinski definition) is 2. The fourth-order valence-corrected chi connectivity index (χ4v) is 4.92. The Morgan fingerprint density at radius 3 is 2.30 bits per heavy atom.